The van der Waals surface area contributed by atoms with Crippen molar-refractivity contribution in [2.24, 2.45) is 5.92 Å². The number of nitrogens with one attached hydrogen (secondary N) is 1. The molecule has 0 fully saturated rings. The van der Waals surface area contributed by atoms with Crippen LogP contribution in [-0.2, 0) is 0 Å². The number of hydrogen-bond acceptors (Lipinski definition) is 3. The lowest BCUT2D eigenvalue weighted by atomic mass is 9.76. The standard InChI is InChI=1S/C18H14F2N2O2/c19-10-8-14-11-5-3-6-12(11)17(21-18(14)15(20)9-10)13-4-1-2-7-16(13)22(23)24/h1-5,7-9,11-12,17,21H,6H2/t11-,12-,17-/m1/s1. The minimum atomic E-state index is -0.674. The number of benzene rings is 2. The molecule has 6 heteroatoms. The van der Waals surface area contributed by atoms with Crippen LogP contribution in [0, 0.1) is 27.7 Å². The van der Waals surface area contributed by atoms with E-state index in [4.69, 9.17) is 0 Å². The van der Waals surface area contributed by atoms with Crippen molar-refractivity contribution >= 4 is 11.4 Å². The molecule has 4 nitrogen and oxygen atoms in total. The van der Waals surface area contributed by atoms with Crippen molar-refractivity contribution in [2.45, 2.75) is 18.4 Å². The van der Waals surface area contributed by atoms with Gasteiger partial charge in [0.1, 0.15) is 11.6 Å². The van der Waals surface area contributed by atoms with Crippen LogP contribution < -0.4 is 5.32 Å². The Morgan fingerprint density at radius 3 is 2.75 bits per heavy atom. The molecule has 24 heavy (non-hydrogen) atoms. The maximum absolute atomic E-state index is 14.3. The summed E-state index contributed by atoms with van der Waals surface area (Å²) in [6.45, 7) is 0. The second kappa shape index (κ2) is 5.40. The van der Waals surface area contributed by atoms with Crippen molar-refractivity contribution < 1.29 is 13.7 Å². The number of rotatable bonds is 2. The Morgan fingerprint density at radius 1 is 1.17 bits per heavy atom. The highest BCUT2D eigenvalue weighted by Crippen LogP contribution is 2.51. The molecule has 0 bridgehead atoms. The molecule has 2 aromatic carbocycles. The maximum Gasteiger partial charge on any atom is 0.274 e. The summed E-state index contributed by atoms with van der Waals surface area (Å²) in [5.74, 6) is -1.46. The van der Waals surface area contributed by atoms with Gasteiger partial charge in [0.2, 0.25) is 0 Å². The quantitative estimate of drug-likeness (QED) is 0.494. The van der Waals surface area contributed by atoms with Gasteiger partial charge < -0.3 is 5.32 Å². The Bertz CT molecular complexity index is 866. The van der Waals surface area contributed by atoms with Gasteiger partial charge in [-0.25, -0.2) is 8.78 Å². The van der Waals surface area contributed by atoms with Crippen LogP contribution in [0.1, 0.15) is 29.5 Å². The van der Waals surface area contributed by atoms with E-state index in [2.05, 4.69) is 5.32 Å². The lowest BCUT2D eigenvalue weighted by molar-refractivity contribution is -0.385. The number of anilines is 1. The molecule has 2 aromatic rings. The first kappa shape index (κ1) is 14.8. The normalized spacial score (nSPS) is 24.2. The highest BCUT2D eigenvalue weighted by molar-refractivity contribution is 5.62. The molecular formula is C18H14F2N2O2. The van der Waals surface area contributed by atoms with Crippen LogP contribution in [0.4, 0.5) is 20.2 Å². The van der Waals surface area contributed by atoms with Crippen molar-refractivity contribution in [1.29, 1.82) is 0 Å². The zero-order valence-electron chi connectivity index (χ0n) is 12.6. The molecule has 4 rings (SSSR count). The number of nitrogens with zero attached hydrogens (tertiary/aromatic N) is 1. The Balaban J connectivity index is 1.86. The number of para-hydroxylation sites is 1. The van der Waals surface area contributed by atoms with Gasteiger partial charge in [0, 0.05) is 18.1 Å². The number of fused-ring (bicyclic) bond motifs is 3. The van der Waals surface area contributed by atoms with Crippen LogP contribution in [0.25, 0.3) is 0 Å². The van der Waals surface area contributed by atoms with E-state index in [9.17, 15) is 18.9 Å². The molecule has 1 heterocycles. The summed E-state index contributed by atoms with van der Waals surface area (Å²) in [5, 5.41) is 14.4. The molecule has 0 saturated carbocycles. The summed E-state index contributed by atoms with van der Waals surface area (Å²) in [6, 6.07) is 8.26. The van der Waals surface area contributed by atoms with E-state index in [0.29, 0.717) is 17.5 Å². The zero-order valence-corrected chi connectivity index (χ0v) is 12.6. The van der Waals surface area contributed by atoms with Crippen LogP contribution in [0.3, 0.4) is 0 Å². The van der Waals surface area contributed by atoms with E-state index < -0.39 is 22.6 Å². The largest absolute Gasteiger partial charge is 0.375 e. The van der Waals surface area contributed by atoms with Gasteiger partial charge in [0.05, 0.1) is 22.2 Å². The van der Waals surface area contributed by atoms with Crippen LogP contribution in [0.2, 0.25) is 0 Å². The first-order valence-electron chi connectivity index (χ1n) is 7.71. The smallest absolute Gasteiger partial charge is 0.274 e. The molecule has 2 aliphatic rings. The molecule has 0 saturated heterocycles. The molecule has 122 valence electrons. The fraction of sp³-hybridized carbons (Fsp3) is 0.222. The average Bonchev–Trinajstić information content (AvgIpc) is 3.04. The molecule has 3 atom stereocenters. The summed E-state index contributed by atoms with van der Waals surface area (Å²) in [7, 11) is 0. The Hall–Kier alpha value is -2.76. The van der Waals surface area contributed by atoms with Crippen LogP contribution >= 0.6 is 0 Å². The van der Waals surface area contributed by atoms with Gasteiger partial charge >= 0.3 is 0 Å². The van der Waals surface area contributed by atoms with Gasteiger partial charge in [-0.3, -0.25) is 10.1 Å². The third kappa shape index (κ3) is 2.18. The number of hydrogen-bond donors (Lipinski definition) is 1. The first-order valence-corrected chi connectivity index (χ1v) is 7.71. The van der Waals surface area contributed by atoms with Crippen LogP contribution in [0.5, 0.6) is 0 Å². The number of nitro groups is 1. The second-order valence-corrected chi connectivity index (χ2v) is 6.14. The van der Waals surface area contributed by atoms with Gasteiger partial charge in [0.25, 0.3) is 5.69 Å². The van der Waals surface area contributed by atoms with E-state index in [1.54, 1.807) is 18.2 Å². The minimum absolute atomic E-state index is 0.00613. The third-order valence-electron chi connectivity index (χ3n) is 4.85. The van der Waals surface area contributed by atoms with E-state index in [1.807, 2.05) is 12.2 Å². The third-order valence-corrected chi connectivity index (χ3v) is 4.85. The SMILES string of the molecule is O=[N+]([O-])c1ccccc1[C@@H]1Nc2c(F)cc(F)cc2[C@@H]2C=CC[C@H]21. The summed E-state index contributed by atoms with van der Waals surface area (Å²) < 4.78 is 27.9. The van der Waals surface area contributed by atoms with Crippen LogP contribution in [0.15, 0.2) is 48.6 Å². The van der Waals surface area contributed by atoms with Crippen molar-refractivity contribution in [3.05, 3.63) is 81.4 Å². The Morgan fingerprint density at radius 2 is 1.96 bits per heavy atom. The maximum atomic E-state index is 14.3. The average molecular weight is 328 g/mol. The molecule has 1 aliphatic heterocycles. The molecule has 0 radical (unpaired) electrons. The molecule has 0 amide bonds. The molecule has 1 N–H and O–H groups in total. The monoisotopic (exact) mass is 328 g/mol. The van der Waals surface area contributed by atoms with E-state index >= 15 is 0 Å². The van der Waals surface area contributed by atoms with Gasteiger partial charge in [0.15, 0.2) is 0 Å². The highest BCUT2D eigenvalue weighted by atomic mass is 19.1. The van der Waals surface area contributed by atoms with Gasteiger partial charge in [-0.15, -0.1) is 0 Å². The van der Waals surface area contributed by atoms with Crippen molar-refractivity contribution in [3.63, 3.8) is 0 Å². The lowest BCUT2D eigenvalue weighted by Gasteiger charge is -2.37. The molecule has 0 aromatic heterocycles. The van der Waals surface area contributed by atoms with Gasteiger partial charge in [-0.2, -0.15) is 0 Å². The van der Waals surface area contributed by atoms with Crippen molar-refractivity contribution in [2.75, 3.05) is 5.32 Å². The predicted octanol–water partition coefficient (Wildman–Crippen LogP) is 4.70. The lowest BCUT2D eigenvalue weighted by Crippen LogP contribution is -2.30. The minimum Gasteiger partial charge on any atom is -0.375 e. The molecule has 1 aliphatic carbocycles. The Kier molecular flexibility index (Phi) is 3.33. The van der Waals surface area contributed by atoms with E-state index in [-0.39, 0.29) is 23.2 Å². The highest BCUT2D eigenvalue weighted by Gasteiger charge is 2.41. The first-order chi connectivity index (χ1) is 11.6. The number of halogens is 2. The van der Waals surface area contributed by atoms with E-state index in [1.165, 1.54) is 12.1 Å². The number of allylic oxidation sites excluding steroid dienone is 2. The van der Waals surface area contributed by atoms with Crippen molar-refractivity contribution in [3.8, 4) is 0 Å². The summed E-state index contributed by atoms with van der Waals surface area (Å²) in [6.07, 6.45) is 4.60. The molecule has 0 spiro atoms. The van der Waals surface area contributed by atoms with Crippen LogP contribution in [-0.4, -0.2) is 4.92 Å². The summed E-state index contributed by atoms with van der Waals surface area (Å²) in [4.78, 5) is 10.9. The topological polar surface area (TPSA) is 55.2 Å². The van der Waals surface area contributed by atoms with E-state index in [0.717, 1.165) is 6.07 Å². The number of nitro benzene ring substituents is 1. The summed E-state index contributed by atoms with van der Waals surface area (Å²) in [5.41, 5.74) is 1.33. The zero-order chi connectivity index (χ0) is 16.8. The molecule has 0 unspecified atom stereocenters. The Labute approximate surface area is 137 Å². The second-order valence-electron chi connectivity index (χ2n) is 6.14. The fourth-order valence-corrected chi connectivity index (χ4v) is 3.85. The van der Waals surface area contributed by atoms with Gasteiger partial charge in [-0.05, 0) is 24.0 Å². The van der Waals surface area contributed by atoms with Gasteiger partial charge in [-0.1, -0.05) is 30.4 Å². The van der Waals surface area contributed by atoms with Crippen molar-refractivity contribution in [1.82, 2.24) is 0 Å². The fourth-order valence-electron chi connectivity index (χ4n) is 3.85. The summed E-state index contributed by atoms with van der Waals surface area (Å²) >= 11 is 0. The molecular weight excluding hydrogens is 314 g/mol. The predicted molar refractivity (Wildman–Crippen MR) is 85.8 cm³/mol.